The maximum Gasteiger partial charge on any atom is 0.408 e. The van der Waals surface area contributed by atoms with E-state index in [1.807, 2.05) is 6.08 Å². The van der Waals surface area contributed by atoms with E-state index in [1.54, 1.807) is 0 Å². The van der Waals surface area contributed by atoms with Crippen LogP contribution in [0.3, 0.4) is 0 Å². The lowest BCUT2D eigenvalue weighted by atomic mass is 9.84. The fourth-order valence-corrected chi connectivity index (χ4v) is 3.79. The number of carbonyl (C=O) groups is 2. The van der Waals surface area contributed by atoms with E-state index in [4.69, 9.17) is 4.74 Å². The third kappa shape index (κ3) is 4.49. The number of rotatable bonds is 6. The molecule has 5 nitrogen and oxygen atoms in total. The molecule has 0 heterocycles. The third-order valence-electron chi connectivity index (χ3n) is 4.98. The number of nitrogens with one attached hydrogen (secondary N) is 1. The number of carbonyl (C=O) groups excluding carboxylic acids is 1. The van der Waals surface area contributed by atoms with E-state index in [1.165, 1.54) is 0 Å². The highest BCUT2D eigenvalue weighted by Gasteiger charge is 2.34. The maximum absolute atomic E-state index is 12.1. The standard InChI is InChI=1S/C17H27NO4/c1-2-7-12-10-6-11-14(12)22-17(21)18-15(16(19)20)13-8-4-3-5-9-13/h2,12-15H,1,3-11H2,(H,18,21)(H,19,20)/t12-,14-,15-/m0/s1. The average molecular weight is 309 g/mol. The van der Waals surface area contributed by atoms with E-state index in [9.17, 15) is 14.7 Å². The fraction of sp³-hybridized carbons (Fsp3) is 0.765. The molecule has 0 aromatic rings. The Morgan fingerprint density at radius 3 is 2.55 bits per heavy atom. The molecule has 124 valence electrons. The number of hydrogen-bond acceptors (Lipinski definition) is 3. The number of carboxylic acid groups (broad SMARTS) is 1. The van der Waals surface area contributed by atoms with Gasteiger partial charge in [0.1, 0.15) is 12.1 Å². The predicted molar refractivity (Wildman–Crippen MR) is 83.6 cm³/mol. The van der Waals surface area contributed by atoms with Gasteiger partial charge in [0.2, 0.25) is 0 Å². The minimum atomic E-state index is -0.960. The zero-order valence-corrected chi connectivity index (χ0v) is 13.1. The number of alkyl carbamates (subject to hydrolysis) is 1. The van der Waals surface area contributed by atoms with Crippen LogP contribution < -0.4 is 5.32 Å². The summed E-state index contributed by atoms with van der Waals surface area (Å²) in [6, 6.07) is -0.827. The van der Waals surface area contributed by atoms with Gasteiger partial charge in [0.05, 0.1) is 0 Å². The van der Waals surface area contributed by atoms with Gasteiger partial charge in [0.25, 0.3) is 0 Å². The Labute approximate surface area is 132 Å². The summed E-state index contributed by atoms with van der Waals surface area (Å²) in [5, 5.41) is 12.0. The van der Waals surface area contributed by atoms with Crippen LogP contribution in [0, 0.1) is 11.8 Å². The second-order valence-corrected chi connectivity index (χ2v) is 6.52. The molecule has 5 heteroatoms. The summed E-state index contributed by atoms with van der Waals surface area (Å²) in [4.78, 5) is 23.5. The quantitative estimate of drug-likeness (QED) is 0.736. The zero-order valence-electron chi connectivity index (χ0n) is 13.1. The van der Waals surface area contributed by atoms with Crippen LogP contribution in [0.1, 0.15) is 57.8 Å². The minimum Gasteiger partial charge on any atom is -0.480 e. The second-order valence-electron chi connectivity index (χ2n) is 6.52. The van der Waals surface area contributed by atoms with Crippen molar-refractivity contribution >= 4 is 12.1 Å². The molecule has 0 radical (unpaired) electrons. The van der Waals surface area contributed by atoms with Gasteiger partial charge in [-0.05, 0) is 50.4 Å². The molecule has 2 aliphatic carbocycles. The first kappa shape index (κ1) is 16.8. The summed E-state index contributed by atoms with van der Waals surface area (Å²) in [6.45, 7) is 3.74. The highest BCUT2D eigenvalue weighted by atomic mass is 16.6. The van der Waals surface area contributed by atoms with Gasteiger partial charge in [0.15, 0.2) is 0 Å². The molecule has 2 aliphatic rings. The lowest BCUT2D eigenvalue weighted by molar-refractivity contribution is -0.141. The number of allylic oxidation sites excluding steroid dienone is 1. The topological polar surface area (TPSA) is 75.6 Å². The summed E-state index contributed by atoms with van der Waals surface area (Å²) in [5.74, 6) is -0.620. The van der Waals surface area contributed by atoms with Crippen molar-refractivity contribution in [2.45, 2.75) is 69.9 Å². The monoisotopic (exact) mass is 309 g/mol. The van der Waals surface area contributed by atoms with Crippen molar-refractivity contribution in [2.75, 3.05) is 0 Å². The van der Waals surface area contributed by atoms with Gasteiger partial charge < -0.3 is 15.2 Å². The molecule has 0 bridgehead atoms. The normalized spacial score (nSPS) is 27.1. The van der Waals surface area contributed by atoms with Crippen LogP contribution in [0.4, 0.5) is 4.79 Å². The Kier molecular flexibility index (Phi) is 6.28. The smallest absolute Gasteiger partial charge is 0.408 e. The van der Waals surface area contributed by atoms with Gasteiger partial charge in [-0.15, -0.1) is 6.58 Å². The van der Waals surface area contributed by atoms with Crippen LogP contribution >= 0.6 is 0 Å². The number of ether oxygens (including phenoxy) is 1. The molecule has 22 heavy (non-hydrogen) atoms. The van der Waals surface area contributed by atoms with Crippen molar-refractivity contribution in [3.8, 4) is 0 Å². The van der Waals surface area contributed by atoms with Crippen LogP contribution in [0.15, 0.2) is 12.7 Å². The van der Waals surface area contributed by atoms with Gasteiger partial charge in [-0.25, -0.2) is 9.59 Å². The summed E-state index contributed by atoms with van der Waals surface area (Å²) >= 11 is 0. The van der Waals surface area contributed by atoms with E-state index < -0.39 is 18.1 Å². The summed E-state index contributed by atoms with van der Waals surface area (Å²) in [7, 11) is 0. The molecule has 2 fully saturated rings. The first-order valence-electron chi connectivity index (χ1n) is 8.42. The maximum atomic E-state index is 12.1. The molecular weight excluding hydrogens is 282 g/mol. The average Bonchev–Trinajstić information content (AvgIpc) is 2.93. The number of aliphatic carboxylic acids is 1. The summed E-state index contributed by atoms with van der Waals surface area (Å²) < 4.78 is 5.49. The van der Waals surface area contributed by atoms with Gasteiger partial charge in [-0.1, -0.05) is 25.3 Å². The van der Waals surface area contributed by atoms with Crippen LogP contribution in [-0.2, 0) is 9.53 Å². The molecule has 3 atom stereocenters. The molecule has 0 spiro atoms. The highest BCUT2D eigenvalue weighted by Crippen LogP contribution is 2.31. The lowest BCUT2D eigenvalue weighted by Gasteiger charge is -2.28. The first-order valence-corrected chi connectivity index (χ1v) is 8.42. The molecule has 0 aromatic carbocycles. The predicted octanol–water partition coefficient (Wildman–Crippen LogP) is 3.49. The zero-order chi connectivity index (χ0) is 15.9. The lowest BCUT2D eigenvalue weighted by Crippen LogP contribution is -2.47. The molecular formula is C17H27NO4. The van der Waals surface area contributed by atoms with Crippen molar-refractivity contribution < 1.29 is 19.4 Å². The van der Waals surface area contributed by atoms with E-state index in [0.29, 0.717) is 5.92 Å². The minimum absolute atomic E-state index is 0.0198. The van der Waals surface area contributed by atoms with Gasteiger partial charge in [0, 0.05) is 0 Å². The summed E-state index contributed by atoms with van der Waals surface area (Å²) in [6.07, 6.45) is 9.87. The number of amides is 1. The molecule has 2 N–H and O–H groups in total. The molecule has 0 aliphatic heterocycles. The molecule has 2 rings (SSSR count). The van der Waals surface area contributed by atoms with Crippen LogP contribution in [0.25, 0.3) is 0 Å². The van der Waals surface area contributed by atoms with E-state index in [-0.39, 0.29) is 12.0 Å². The van der Waals surface area contributed by atoms with Crippen molar-refractivity contribution in [3.63, 3.8) is 0 Å². The Morgan fingerprint density at radius 1 is 1.18 bits per heavy atom. The van der Waals surface area contributed by atoms with Gasteiger partial charge in [-0.3, -0.25) is 0 Å². The third-order valence-corrected chi connectivity index (χ3v) is 4.98. The van der Waals surface area contributed by atoms with E-state index >= 15 is 0 Å². The number of carboxylic acids is 1. The Hall–Kier alpha value is -1.52. The van der Waals surface area contributed by atoms with E-state index in [2.05, 4.69) is 11.9 Å². The van der Waals surface area contributed by atoms with Gasteiger partial charge >= 0.3 is 12.1 Å². The Balaban J connectivity index is 1.87. The van der Waals surface area contributed by atoms with Crippen molar-refractivity contribution in [2.24, 2.45) is 11.8 Å². The van der Waals surface area contributed by atoms with Crippen molar-refractivity contribution in [1.82, 2.24) is 5.32 Å². The SMILES string of the molecule is C=CC[C@H]1CCC[C@@H]1OC(=O)N[C@H](C(=O)O)C1CCCCC1. The van der Waals surface area contributed by atoms with Crippen molar-refractivity contribution in [1.29, 1.82) is 0 Å². The molecule has 0 saturated heterocycles. The highest BCUT2D eigenvalue weighted by molar-refractivity contribution is 5.80. The second kappa shape index (κ2) is 8.20. The van der Waals surface area contributed by atoms with Crippen LogP contribution in [0.5, 0.6) is 0 Å². The Morgan fingerprint density at radius 2 is 1.91 bits per heavy atom. The van der Waals surface area contributed by atoms with Crippen LogP contribution in [-0.4, -0.2) is 29.3 Å². The fourth-order valence-electron chi connectivity index (χ4n) is 3.79. The molecule has 1 amide bonds. The molecule has 2 saturated carbocycles. The first-order chi connectivity index (χ1) is 10.6. The largest absolute Gasteiger partial charge is 0.480 e. The molecule has 0 unspecified atom stereocenters. The van der Waals surface area contributed by atoms with E-state index in [0.717, 1.165) is 57.8 Å². The van der Waals surface area contributed by atoms with Crippen LogP contribution in [0.2, 0.25) is 0 Å². The molecule has 0 aromatic heterocycles. The number of hydrogen-bond donors (Lipinski definition) is 2. The summed E-state index contributed by atoms with van der Waals surface area (Å²) in [5.41, 5.74) is 0. The van der Waals surface area contributed by atoms with Crippen molar-refractivity contribution in [3.05, 3.63) is 12.7 Å². The Bertz CT molecular complexity index is 403. The van der Waals surface area contributed by atoms with Gasteiger partial charge in [-0.2, -0.15) is 0 Å².